The summed E-state index contributed by atoms with van der Waals surface area (Å²) in [5.41, 5.74) is 7.74. The van der Waals surface area contributed by atoms with E-state index in [0.717, 1.165) is 42.6 Å². The Labute approximate surface area is 483 Å². The number of ether oxygens (including phenoxy) is 6. The fraction of sp³-hybridized carbons (Fsp3) is 0.692. The van der Waals surface area contributed by atoms with Gasteiger partial charge in [-0.15, -0.1) is 0 Å². The molecule has 0 bridgehead atoms. The number of unbranched alkanes of at least 4 members (excludes halogenated alkanes) is 2. The number of hydrogen-bond donors (Lipinski definition) is 14. The summed E-state index contributed by atoms with van der Waals surface area (Å²) in [6.45, 7) is 0.539. The zero-order valence-corrected chi connectivity index (χ0v) is 48.3. The summed E-state index contributed by atoms with van der Waals surface area (Å²) in [6, 6.07) is 13.4. The minimum absolute atomic E-state index is 0.0132. The summed E-state index contributed by atoms with van der Waals surface area (Å²) in [5.74, 6) is 1.91. The summed E-state index contributed by atoms with van der Waals surface area (Å²) >= 11 is 0. The Morgan fingerprint density at radius 1 is 0.637 bits per heavy atom. The van der Waals surface area contributed by atoms with Crippen molar-refractivity contribution in [3.63, 3.8) is 0 Å². The van der Waals surface area contributed by atoms with Gasteiger partial charge < -0.3 is 102 Å². The highest BCUT2D eigenvalue weighted by Gasteiger charge is 2.47. The standard InChI is InChI=1S/C32H53N3O14S2.C20H31N3O4S2/c36-16-23(39)31(49-32-30(45)29(44)28(43)24(17-37)48-32)27(42)22(38)15-34-19-4-3-5-20(14-19)35-26(41)18-47-12-11-46-10-9-33-25(40)7-2-1-6-21-8-13-50-51-21;21-16-4-3-5-17(14-16)23-20(25)15-27-12-11-26-10-9-22-19(24)7-2-1-6-18-8-13-28-29-18/h3-5,14,21-24,27-32,34,36-39,42-45H,1-2,6-13,15-18H2,(H,33,40)(H,35,41);3-5,14,18H,1-2,6-13,15,21H2,(H,22,24)(H,23,25)/t21?,22?,23?,24?,27-,28+,29+,30?,31-,32-;/m0./s1. The van der Waals surface area contributed by atoms with Crippen LogP contribution in [0.3, 0.4) is 0 Å². The summed E-state index contributed by atoms with van der Waals surface area (Å²) in [7, 11) is 7.83. The molecule has 3 aliphatic rings. The van der Waals surface area contributed by atoms with Crippen molar-refractivity contribution in [1.82, 2.24) is 10.6 Å². The van der Waals surface area contributed by atoms with Crippen LogP contribution in [0.1, 0.15) is 64.2 Å². The molecule has 0 aliphatic carbocycles. The third-order valence-electron chi connectivity index (χ3n) is 12.4. The van der Waals surface area contributed by atoms with Crippen LogP contribution < -0.4 is 32.3 Å². The maximum absolute atomic E-state index is 12.4. The summed E-state index contributed by atoms with van der Waals surface area (Å²) in [6.07, 6.45) is -5.28. The van der Waals surface area contributed by atoms with Gasteiger partial charge >= 0.3 is 0 Å². The van der Waals surface area contributed by atoms with E-state index < -0.39 is 74.2 Å². The molecule has 2 aromatic rings. The highest BCUT2D eigenvalue weighted by Crippen LogP contribution is 2.40. The van der Waals surface area contributed by atoms with E-state index in [1.165, 1.54) is 30.8 Å². The van der Waals surface area contributed by atoms with Crippen LogP contribution in [0, 0.1) is 0 Å². The van der Waals surface area contributed by atoms with Gasteiger partial charge in [-0.2, -0.15) is 0 Å². The molecule has 24 nitrogen and oxygen atoms in total. The van der Waals surface area contributed by atoms with E-state index in [9.17, 15) is 60.0 Å². The number of nitrogen functional groups attached to an aromatic ring is 1. The summed E-state index contributed by atoms with van der Waals surface area (Å²) in [4.78, 5) is 47.8. The monoisotopic (exact) mass is 1210 g/mol. The number of hydrogen-bond acceptors (Lipinski definition) is 24. The predicted molar refractivity (Wildman–Crippen MR) is 310 cm³/mol. The Balaban J connectivity index is 0.000000401. The second-order valence-corrected chi connectivity index (χ2v) is 24.5. The van der Waals surface area contributed by atoms with Crippen LogP contribution >= 0.6 is 43.2 Å². The normalized spacial score (nSPS) is 22.3. The van der Waals surface area contributed by atoms with E-state index in [0.29, 0.717) is 75.1 Å². The third-order valence-corrected chi connectivity index (χ3v) is 18.4. The Bertz CT molecular complexity index is 2050. The number of rotatable bonds is 38. The van der Waals surface area contributed by atoms with Crippen molar-refractivity contribution in [3.05, 3.63) is 48.5 Å². The number of anilines is 4. The van der Waals surface area contributed by atoms with Crippen molar-refractivity contribution in [3.8, 4) is 0 Å². The Kier molecular flexibility index (Phi) is 35.4. The molecule has 3 saturated heterocycles. The number of aliphatic hydroxyl groups is 8. The topological polar surface area (TPSA) is 372 Å². The molecule has 2 aromatic carbocycles. The van der Waals surface area contributed by atoms with Gasteiger partial charge in [-0.1, -0.05) is 68.1 Å². The third kappa shape index (κ3) is 28.4. The van der Waals surface area contributed by atoms with Gasteiger partial charge in [0.25, 0.3) is 0 Å². The van der Waals surface area contributed by atoms with Gasteiger partial charge in [-0.3, -0.25) is 19.2 Å². The maximum Gasteiger partial charge on any atom is 0.250 e. The van der Waals surface area contributed by atoms with Gasteiger partial charge in [0.05, 0.1) is 59.0 Å². The second-order valence-electron chi connectivity index (χ2n) is 19.0. The molecule has 0 saturated carbocycles. The molecule has 0 radical (unpaired) electrons. The highest BCUT2D eigenvalue weighted by atomic mass is 33.1. The Morgan fingerprint density at radius 3 is 1.68 bits per heavy atom. The van der Waals surface area contributed by atoms with Gasteiger partial charge in [0.1, 0.15) is 55.9 Å². The molecule has 4 amide bonds. The van der Waals surface area contributed by atoms with Crippen molar-refractivity contribution in [1.29, 1.82) is 0 Å². The molecule has 3 aliphatic heterocycles. The zero-order valence-electron chi connectivity index (χ0n) is 45.0. The molecule has 6 unspecified atom stereocenters. The van der Waals surface area contributed by atoms with Crippen molar-refractivity contribution < 1.29 is 88.5 Å². The Hall–Kier alpha value is -3.24. The van der Waals surface area contributed by atoms with Crippen LogP contribution in [0.4, 0.5) is 22.7 Å². The molecule has 28 heteroatoms. The summed E-state index contributed by atoms with van der Waals surface area (Å²) in [5, 5.41) is 96.2. The van der Waals surface area contributed by atoms with E-state index in [1.807, 2.05) is 43.2 Å². The first kappa shape index (κ1) is 69.3. The minimum Gasteiger partial charge on any atom is -0.399 e. The van der Waals surface area contributed by atoms with E-state index in [4.69, 9.17) is 34.2 Å². The molecule has 3 heterocycles. The smallest absolute Gasteiger partial charge is 0.250 e. The van der Waals surface area contributed by atoms with Crippen molar-refractivity contribution in [2.75, 3.05) is 119 Å². The van der Waals surface area contributed by atoms with E-state index >= 15 is 0 Å². The minimum atomic E-state index is -1.85. The average Bonchev–Trinajstić information content (AvgIpc) is 4.23. The molecule has 454 valence electrons. The molecule has 11 atom stereocenters. The van der Waals surface area contributed by atoms with Gasteiger partial charge in [0, 0.05) is 77.2 Å². The van der Waals surface area contributed by atoms with Crippen LogP contribution in [0.25, 0.3) is 0 Å². The molecular formula is C52H84N6O18S4. The number of nitrogens with one attached hydrogen (secondary N) is 5. The lowest BCUT2D eigenvalue weighted by atomic mass is 9.98. The number of amides is 4. The highest BCUT2D eigenvalue weighted by molar-refractivity contribution is 8.77. The first-order valence-electron chi connectivity index (χ1n) is 27.0. The predicted octanol–water partition coefficient (Wildman–Crippen LogP) is 1.23. The SMILES string of the molecule is Nc1cccc(NC(=O)COCCOCCNC(=O)CCCCC2CCSS2)c1.O=C(CCCCC1CCSS1)NCCOCCOCC(=O)Nc1cccc(NCC(O)[C@H](O)[C@@H](O[C@@H]2OC(CO)[C@@H](O)[C@@H](O)C2O)C(O)CO)c1. The van der Waals surface area contributed by atoms with Crippen LogP contribution in [0.2, 0.25) is 0 Å². The van der Waals surface area contributed by atoms with Gasteiger partial charge in [0.15, 0.2) is 6.29 Å². The first-order chi connectivity index (χ1) is 38.7. The molecular weight excluding hydrogens is 1120 g/mol. The molecule has 0 spiro atoms. The van der Waals surface area contributed by atoms with Crippen LogP contribution in [-0.4, -0.2) is 227 Å². The van der Waals surface area contributed by atoms with Crippen molar-refractivity contribution in [2.45, 2.75) is 130 Å². The first-order valence-corrected chi connectivity index (χ1v) is 31.7. The van der Waals surface area contributed by atoms with Gasteiger partial charge in [-0.05, 0) is 74.9 Å². The lowest BCUT2D eigenvalue weighted by Crippen LogP contribution is -2.61. The quantitative estimate of drug-likeness (QED) is 0.0255. The van der Waals surface area contributed by atoms with Crippen molar-refractivity contribution >= 4 is 89.6 Å². The number of carbonyl (C=O) groups excluding carboxylic acids is 4. The lowest BCUT2D eigenvalue weighted by Gasteiger charge is -2.42. The molecule has 15 N–H and O–H groups in total. The molecule has 5 rings (SSSR count). The number of carbonyl (C=O) groups is 4. The van der Waals surface area contributed by atoms with Crippen LogP contribution in [0.5, 0.6) is 0 Å². The van der Waals surface area contributed by atoms with E-state index in [-0.39, 0.29) is 50.7 Å². The summed E-state index contributed by atoms with van der Waals surface area (Å²) < 4.78 is 32.1. The van der Waals surface area contributed by atoms with E-state index in [1.54, 1.807) is 48.5 Å². The van der Waals surface area contributed by atoms with Crippen molar-refractivity contribution in [2.24, 2.45) is 0 Å². The van der Waals surface area contributed by atoms with Crippen LogP contribution in [0.15, 0.2) is 48.5 Å². The fourth-order valence-electron chi connectivity index (χ4n) is 8.03. The molecule has 0 aromatic heterocycles. The maximum atomic E-state index is 12.4. The zero-order chi connectivity index (χ0) is 57.9. The molecule has 3 fully saturated rings. The average molecular weight is 1210 g/mol. The van der Waals surface area contributed by atoms with E-state index in [2.05, 4.69) is 26.6 Å². The number of nitrogens with two attached hydrogens (primary N) is 1. The fourth-order valence-corrected chi connectivity index (χ4v) is 14.1. The van der Waals surface area contributed by atoms with Gasteiger partial charge in [0.2, 0.25) is 23.6 Å². The Morgan fingerprint density at radius 2 is 1.16 bits per heavy atom. The number of aliphatic hydroxyl groups excluding tert-OH is 8. The second kappa shape index (κ2) is 40.9. The number of benzene rings is 2. The molecule has 80 heavy (non-hydrogen) atoms. The van der Waals surface area contributed by atoms with Gasteiger partial charge in [-0.25, -0.2) is 0 Å². The van der Waals surface area contributed by atoms with Crippen LogP contribution in [-0.2, 0) is 47.6 Å². The lowest BCUT2D eigenvalue weighted by molar-refractivity contribution is -0.326. The largest absolute Gasteiger partial charge is 0.399 e.